The minimum Gasteiger partial charge on any atom is -0.350 e. The summed E-state index contributed by atoms with van der Waals surface area (Å²) < 4.78 is 2.39. The van der Waals surface area contributed by atoms with Crippen molar-refractivity contribution in [3.8, 4) is 6.07 Å². The fraction of sp³-hybridized carbons (Fsp3) is 0.400. The Morgan fingerprint density at radius 2 is 2.09 bits per heavy atom. The molecule has 0 saturated carbocycles. The van der Waals surface area contributed by atoms with Gasteiger partial charge in [-0.15, -0.1) is 0 Å². The average molecular weight is 316 g/mol. The zero-order valence-electron chi connectivity index (χ0n) is 12.4. The Morgan fingerprint density at radius 3 is 2.73 bits per heavy atom. The number of thiophene rings is 1. The smallest absolute Gasteiger partial charge is 0.332 e. The van der Waals surface area contributed by atoms with Crippen LogP contribution < -0.4 is 16.1 Å². The molecule has 1 unspecified atom stereocenters. The highest BCUT2D eigenvalue weighted by Crippen LogP contribution is 2.36. The molecule has 0 N–H and O–H groups in total. The summed E-state index contributed by atoms with van der Waals surface area (Å²) in [5, 5.41) is 13.5. The first-order valence-electron chi connectivity index (χ1n) is 7.05. The Labute approximate surface area is 131 Å². The van der Waals surface area contributed by atoms with Crippen molar-refractivity contribution in [2.45, 2.75) is 18.9 Å². The number of aromatic nitrogens is 2. The van der Waals surface area contributed by atoms with Crippen molar-refractivity contribution in [1.29, 1.82) is 5.26 Å². The third-order valence-electron chi connectivity index (χ3n) is 4.20. The second kappa shape index (κ2) is 5.46. The first-order valence-corrected chi connectivity index (χ1v) is 7.99. The largest absolute Gasteiger partial charge is 0.350 e. The molecule has 0 radical (unpaired) electrons. The van der Waals surface area contributed by atoms with E-state index in [1.165, 1.54) is 17.2 Å². The molecule has 0 aromatic carbocycles. The second-order valence-electron chi connectivity index (χ2n) is 5.42. The van der Waals surface area contributed by atoms with E-state index < -0.39 is 11.2 Å². The molecule has 3 rings (SSSR count). The van der Waals surface area contributed by atoms with Crippen LogP contribution in [0, 0.1) is 11.3 Å². The summed E-state index contributed by atoms with van der Waals surface area (Å²) >= 11 is 1.62. The van der Waals surface area contributed by atoms with Gasteiger partial charge >= 0.3 is 5.69 Å². The van der Waals surface area contributed by atoms with E-state index in [-0.39, 0.29) is 11.6 Å². The van der Waals surface area contributed by atoms with Crippen LogP contribution in [0.15, 0.2) is 26.4 Å². The lowest BCUT2D eigenvalue weighted by Crippen LogP contribution is -2.42. The maximum absolute atomic E-state index is 12.2. The van der Waals surface area contributed by atoms with Crippen LogP contribution in [0.2, 0.25) is 0 Å². The molecule has 2 aromatic rings. The third kappa shape index (κ3) is 2.07. The summed E-state index contributed by atoms with van der Waals surface area (Å²) in [6, 6.07) is 4.15. The van der Waals surface area contributed by atoms with Gasteiger partial charge in [0.2, 0.25) is 0 Å². The first-order chi connectivity index (χ1) is 10.6. The predicted molar refractivity (Wildman–Crippen MR) is 85.3 cm³/mol. The predicted octanol–water partition coefficient (Wildman–Crippen LogP) is 1.36. The summed E-state index contributed by atoms with van der Waals surface area (Å²) in [7, 11) is 3.01. The van der Waals surface area contributed by atoms with Gasteiger partial charge in [-0.3, -0.25) is 13.9 Å². The van der Waals surface area contributed by atoms with E-state index in [1.54, 1.807) is 18.4 Å². The Balaban J connectivity index is 2.22. The van der Waals surface area contributed by atoms with E-state index in [0.717, 1.165) is 24.0 Å². The van der Waals surface area contributed by atoms with Gasteiger partial charge in [-0.1, -0.05) is 0 Å². The van der Waals surface area contributed by atoms with Crippen LogP contribution in [0.4, 0.5) is 5.82 Å². The molecule has 1 aliphatic rings. The van der Waals surface area contributed by atoms with Gasteiger partial charge in [0, 0.05) is 20.6 Å². The number of rotatable bonds is 2. The van der Waals surface area contributed by atoms with E-state index in [4.69, 9.17) is 0 Å². The van der Waals surface area contributed by atoms with Gasteiger partial charge in [0.15, 0.2) is 5.56 Å². The van der Waals surface area contributed by atoms with E-state index in [2.05, 4.69) is 11.4 Å². The highest BCUT2D eigenvalue weighted by atomic mass is 32.1. The standard InChI is InChI=1S/C15H16N4O2S/c1-17-13(11(8-16)14(20)18(2)15(17)21)19-6-3-4-12(19)10-5-7-22-9-10/h5,7,9,12H,3-4,6H2,1-2H3. The van der Waals surface area contributed by atoms with E-state index in [9.17, 15) is 14.9 Å². The topological polar surface area (TPSA) is 71.0 Å². The van der Waals surface area contributed by atoms with Gasteiger partial charge in [0.05, 0.1) is 6.04 Å². The lowest BCUT2D eigenvalue weighted by atomic mass is 10.1. The van der Waals surface area contributed by atoms with Gasteiger partial charge in [0.25, 0.3) is 5.56 Å². The van der Waals surface area contributed by atoms with E-state index in [1.807, 2.05) is 16.3 Å². The Kier molecular flexibility index (Phi) is 3.62. The molecule has 6 nitrogen and oxygen atoms in total. The molecule has 1 fully saturated rings. The van der Waals surface area contributed by atoms with Gasteiger partial charge < -0.3 is 4.90 Å². The Hall–Kier alpha value is -2.33. The molecular formula is C15H16N4O2S. The van der Waals surface area contributed by atoms with Crippen LogP contribution in [-0.2, 0) is 14.1 Å². The molecule has 1 saturated heterocycles. The van der Waals surface area contributed by atoms with Crippen LogP contribution >= 0.6 is 11.3 Å². The first kappa shape index (κ1) is 14.6. The van der Waals surface area contributed by atoms with Crippen LogP contribution in [-0.4, -0.2) is 15.7 Å². The number of anilines is 1. The van der Waals surface area contributed by atoms with Crippen molar-refractivity contribution < 1.29 is 0 Å². The lowest BCUT2D eigenvalue weighted by Gasteiger charge is -2.28. The highest BCUT2D eigenvalue weighted by Gasteiger charge is 2.31. The van der Waals surface area contributed by atoms with Crippen molar-refractivity contribution in [1.82, 2.24) is 9.13 Å². The van der Waals surface area contributed by atoms with Crippen molar-refractivity contribution >= 4 is 17.2 Å². The normalized spacial score (nSPS) is 17.7. The molecule has 0 aliphatic carbocycles. The summed E-state index contributed by atoms with van der Waals surface area (Å²) in [6.07, 6.45) is 1.92. The fourth-order valence-corrected chi connectivity index (χ4v) is 3.81. The zero-order valence-corrected chi connectivity index (χ0v) is 13.3. The minimum atomic E-state index is -0.531. The summed E-state index contributed by atoms with van der Waals surface area (Å²) in [5.41, 5.74) is 0.262. The minimum absolute atomic E-state index is 0.0340. The number of nitrogens with zero attached hydrogens (tertiary/aromatic N) is 4. The molecule has 22 heavy (non-hydrogen) atoms. The molecule has 2 aromatic heterocycles. The van der Waals surface area contributed by atoms with Crippen molar-refractivity contribution in [3.63, 3.8) is 0 Å². The van der Waals surface area contributed by atoms with Gasteiger partial charge in [-0.2, -0.15) is 16.6 Å². The average Bonchev–Trinajstić information content (AvgIpc) is 3.18. The lowest BCUT2D eigenvalue weighted by molar-refractivity contribution is 0.639. The summed E-state index contributed by atoms with van der Waals surface area (Å²) in [5.74, 6) is 0.435. The number of hydrogen-bond acceptors (Lipinski definition) is 5. The van der Waals surface area contributed by atoms with Crippen molar-refractivity contribution in [2.24, 2.45) is 14.1 Å². The monoisotopic (exact) mass is 316 g/mol. The SMILES string of the molecule is Cn1c(N2CCCC2c2ccsc2)c(C#N)c(=O)n(C)c1=O. The quantitative estimate of drug-likeness (QED) is 0.839. The highest BCUT2D eigenvalue weighted by molar-refractivity contribution is 7.08. The third-order valence-corrected chi connectivity index (χ3v) is 4.90. The Morgan fingerprint density at radius 1 is 1.32 bits per heavy atom. The summed E-state index contributed by atoms with van der Waals surface area (Å²) in [6.45, 7) is 0.732. The molecule has 114 valence electrons. The molecule has 0 amide bonds. The van der Waals surface area contributed by atoms with Crippen molar-refractivity contribution in [2.75, 3.05) is 11.4 Å². The molecule has 0 spiro atoms. The number of hydrogen-bond donors (Lipinski definition) is 0. The second-order valence-corrected chi connectivity index (χ2v) is 6.20. The fourth-order valence-electron chi connectivity index (χ4n) is 3.10. The van der Waals surface area contributed by atoms with Crippen LogP contribution in [0.1, 0.15) is 30.0 Å². The molecular weight excluding hydrogens is 300 g/mol. The van der Waals surface area contributed by atoms with Gasteiger partial charge in [-0.25, -0.2) is 4.79 Å². The van der Waals surface area contributed by atoms with Crippen LogP contribution in [0.25, 0.3) is 0 Å². The Bertz CT molecular complexity index is 857. The van der Waals surface area contributed by atoms with Gasteiger partial charge in [-0.05, 0) is 35.2 Å². The maximum atomic E-state index is 12.2. The molecule has 7 heteroatoms. The molecule has 1 aliphatic heterocycles. The van der Waals surface area contributed by atoms with Crippen LogP contribution in [0.5, 0.6) is 0 Å². The van der Waals surface area contributed by atoms with Gasteiger partial charge in [0.1, 0.15) is 11.9 Å². The summed E-state index contributed by atoms with van der Waals surface area (Å²) in [4.78, 5) is 26.5. The van der Waals surface area contributed by atoms with E-state index >= 15 is 0 Å². The van der Waals surface area contributed by atoms with Crippen LogP contribution in [0.3, 0.4) is 0 Å². The maximum Gasteiger partial charge on any atom is 0.332 e. The number of nitriles is 1. The zero-order chi connectivity index (χ0) is 15.9. The molecule has 0 bridgehead atoms. The molecule has 3 heterocycles. The van der Waals surface area contributed by atoms with Crippen molar-refractivity contribution in [3.05, 3.63) is 48.8 Å². The van der Waals surface area contributed by atoms with E-state index in [0.29, 0.717) is 5.82 Å². The molecule has 1 atom stereocenters.